The monoisotopic (exact) mass is 1100 g/mol. The third-order valence-corrected chi connectivity index (χ3v) is 18.0. The van der Waals surface area contributed by atoms with E-state index in [1.54, 1.807) is 32.8 Å². The third kappa shape index (κ3) is 11.5. The number of hydrogen-bond donors (Lipinski definition) is 8. The van der Waals surface area contributed by atoms with E-state index >= 15 is 0 Å². The van der Waals surface area contributed by atoms with Gasteiger partial charge in [0.05, 0.1) is 43.3 Å². The summed E-state index contributed by atoms with van der Waals surface area (Å²) >= 11 is 0. The molecule has 430 valence electrons. The fourth-order valence-electron chi connectivity index (χ4n) is 13.5. The molecule has 2 saturated heterocycles. The van der Waals surface area contributed by atoms with Gasteiger partial charge in [0, 0.05) is 78.5 Å². The molecule has 20 heteroatoms. The highest BCUT2D eigenvalue weighted by molar-refractivity contribution is 6.35. The fraction of sp³-hybridized carbons (Fsp3) is 0.567. The number of Topliss-reactive ketones (excluding diaryl/α,β-unsaturated/α-hetero) is 2. The first-order chi connectivity index (χ1) is 38.0. The average molecular weight is 1100 g/mol. The van der Waals surface area contributed by atoms with Gasteiger partial charge in [-0.3, -0.25) is 38.4 Å². The summed E-state index contributed by atoms with van der Waals surface area (Å²) in [6.45, 7) is 14.6. The Morgan fingerprint density at radius 3 is 1.96 bits per heavy atom. The van der Waals surface area contributed by atoms with Crippen LogP contribution in [0.25, 0.3) is 5.57 Å². The number of ketones is 2. The van der Waals surface area contributed by atoms with Crippen LogP contribution in [0.1, 0.15) is 86.6 Å². The maximum absolute atomic E-state index is 14.9. The van der Waals surface area contributed by atoms with Gasteiger partial charge in [-0.1, -0.05) is 84.0 Å². The fourth-order valence-corrected chi connectivity index (χ4v) is 13.5. The highest BCUT2D eigenvalue weighted by atomic mass is 16.2. The zero-order valence-corrected chi connectivity index (χ0v) is 47.9. The second kappa shape index (κ2) is 23.2. The molecule has 80 heavy (non-hydrogen) atoms. The number of fused-ring (bicyclic) bond motifs is 4. The Balaban J connectivity index is 0.875. The molecule has 6 amide bonds. The maximum atomic E-state index is 14.9. The standard InChI is InChI=1S/C60H82N12O8/c1-33(61-9)54(76)67-51(59(3,4)5)50(75)38-22-21-37-39(27-40(48(37)38)42-31-69-24-15-14-20-46(69)65-42)45(73)28-63-56(78)57(79)64-29-47(74)72-30-41(43-32-70-25-16-19-36(53(70)66-43)35-17-12-11-13-18-35)49-44(72)23-26-71(49)58(80)52(60(6,7)8)68-55(77)34(2)62-10/h11-20,24-25,31-34,37-41,44,46,48-49,51-53,61-62,65-66H,21-23,26-30H2,1-10H3,(H,63,78)(H,64,79)(H,67,76)(H,68,77)/t33-,34-,37-,38?,39?,40+,41+,44+,46?,48+,49+,51+,52+,53?/m0/s1. The SMILES string of the molecule is CN[C@@H](C)C(=O)N[C@H](C(=O)C1CC[C@H]2C(C(=O)CNC(=O)C(=O)NCC(=O)N3C[C@H](C4=CN5C=CC=C(c6ccccc6)C5N4)[C@@H]4[C@H]3CCN4C(=O)[C@@H](NC(=O)[C@H](C)NC)C(C)(C)C)C[C@H](C3=CN4C=CC=CC4N3)[C@@H]12)C(C)(C)C. The second-order valence-corrected chi connectivity index (χ2v) is 25.0. The van der Waals surface area contributed by atoms with Gasteiger partial charge in [0.2, 0.25) is 23.6 Å². The van der Waals surface area contributed by atoms with Gasteiger partial charge in [0.25, 0.3) is 0 Å². The van der Waals surface area contributed by atoms with Crippen LogP contribution in [0.4, 0.5) is 0 Å². The molecule has 0 bridgehead atoms. The number of nitrogens with zero attached hydrogens (tertiary/aromatic N) is 4. The van der Waals surface area contributed by atoms with Crippen LogP contribution in [0.3, 0.4) is 0 Å². The number of carbonyl (C=O) groups is 8. The summed E-state index contributed by atoms with van der Waals surface area (Å²) in [5, 5.41) is 24.4. The highest BCUT2D eigenvalue weighted by Gasteiger charge is 2.58. The summed E-state index contributed by atoms with van der Waals surface area (Å²) in [6, 6.07) is 6.43. The number of benzene rings is 1. The molecule has 6 heterocycles. The van der Waals surface area contributed by atoms with Gasteiger partial charge in [-0.25, -0.2) is 0 Å². The lowest BCUT2D eigenvalue weighted by Crippen LogP contribution is -2.59. The van der Waals surface area contributed by atoms with Crippen LogP contribution in [0.5, 0.6) is 0 Å². The van der Waals surface area contributed by atoms with Crippen molar-refractivity contribution < 1.29 is 38.4 Å². The van der Waals surface area contributed by atoms with E-state index in [2.05, 4.69) is 70.5 Å². The number of rotatable bonds is 17. The number of likely N-dealkylation sites (tertiary alicyclic amines) is 2. The normalized spacial score (nSPS) is 28.6. The van der Waals surface area contributed by atoms with Crippen LogP contribution in [-0.4, -0.2) is 155 Å². The van der Waals surface area contributed by atoms with E-state index in [0.717, 1.165) is 22.5 Å². The number of allylic oxidation sites excluding steroid dienone is 5. The van der Waals surface area contributed by atoms with Crippen LogP contribution >= 0.6 is 0 Å². The molecular formula is C60H82N12O8. The molecule has 1 aromatic carbocycles. The van der Waals surface area contributed by atoms with Gasteiger partial charge < -0.3 is 62.1 Å². The summed E-state index contributed by atoms with van der Waals surface area (Å²) in [6.07, 6.45) is 19.7. The largest absolute Gasteiger partial charge is 0.364 e. The molecular weight excluding hydrogens is 1020 g/mol. The predicted octanol–water partition coefficient (Wildman–Crippen LogP) is 2.18. The lowest BCUT2D eigenvalue weighted by Gasteiger charge is -2.37. The minimum atomic E-state index is -1.07. The molecule has 1 aromatic rings. The Kier molecular flexibility index (Phi) is 16.7. The third-order valence-electron chi connectivity index (χ3n) is 18.0. The van der Waals surface area contributed by atoms with Gasteiger partial charge in [-0.05, 0) is 100 Å². The second-order valence-electron chi connectivity index (χ2n) is 25.0. The van der Waals surface area contributed by atoms with E-state index in [0.29, 0.717) is 32.2 Å². The number of hydrogen-bond acceptors (Lipinski definition) is 14. The van der Waals surface area contributed by atoms with Crippen LogP contribution in [0.15, 0.2) is 96.9 Å². The predicted molar refractivity (Wildman–Crippen MR) is 302 cm³/mol. The summed E-state index contributed by atoms with van der Waals surface area (Å²) in [4.78, 5) is 120. The smallest absolute Gasteiger partial charge is 0.309 e. The molecule has 20 nitrogen and oxygen atoms in total. The van der Waals surface area contributed by atoms with Crippen LogP contribution in [-0.2, 0) is 38.4 Å². The summed E-state index contributed by atoms with van der Waals surface area (Å²) in [5.41, 5.74) is 2.60. The van der Waals surface area contributed by atoms with Crippen molar-refractivity contribution >= 4 is 52.6 Å². The summed E-state index contributed by atoms with van der Waals surface area (Å²) in [5.74, 6) is -5.64. The molecule has 4 fully saturated rings. The van der Waals surface area contributed by atoms with Crippen molar-refractivity contribution in [1.29, 1.82) is 0 Å². The van der Waals surface area contributed by atoms with Crippen molar-refractivity contribution in [2.24, 2.45) is 46.3 Å². The van der Waals surface area contributed by atoms with Gasteiger partial charge >= 0.3 is 11.8 Å². The molecule has 2 aliphatic carbocycles. The number of carbonyl (C=O) groups excluding carboxylic acids is 8. The minimum absolute atomic E-state index is 0.0565. The Hall–Kier alpha value is -7.06. The molecule has 2 saturated carbocycles. The molecule has 4 unspecified atom stereocenters. The van der Waals surface area contributed by atoms with Crippen LogP contribution in [0, 0.1) is 46.3 Å². The van der Waals surface area contributed by atoms with Gasteiger partial charge in [-0.2, -0.15) is 0 Å². The Morgan fingerprint density at radius 2 is 1.31 bits per heavy atom. The molecule has 14 atom stereocenters. The summed E-state index contributed by atoms with van der Waals surface area (Å²) in [7, 11) is 3.38. The lowest BCUT2D eigenvalue weighted by molar-refractivity contribution is -0.141. The van der Waals surface area contributed by atoms with Crippen molar-refractivity contribution in [3.8, 4) is 0 Å². The zero-order valence-electron chi connectivity index (χ0n) is 47.9. The zero-order chi connectivity index (χ0) is 57.5. The van der Waals surface area contributed by atoms with Crippen molar-refractivity contribution in [2.75, 3.05) is 40.3 Å². The van der Waals surface area contributed by atoms with Crippen molar-refractivity contribution in [2.45, 2.75) is 130 Å². The molecule has 8 N–H and O–H groups in total. The minimum Gasteiger partial charge on any atom is -0.364 e. The van der Waals surface area contributed by atoms with E-state index in [9.17, 15) is 38.4 Å². The molecule has 8 aliphatic rings. The van der Waals surface area contributed by atoms with Crippen molar-refractivity contribution in [1.82, 2.24) is 62.1 Å². The van der Waals surface area contributed by atoms with Crippen LogP contribution < -0.4 is 42.5 Å². The van der Waals surface area contributed by atoms with Gasteiger partial charge in [-0.15, -0.1) is 0 Å². The van der Waals surface area contributed by atoms with E-state index in [1.807, 2.05) is 114 Å². The number of amides is 6. The first kappa shape index (κ1) is 57.6. The molecule has 6 aliphatic heterocycles. The first-order valence-electron chi connectivity index (χ1n) is 28.5. The lowest BCUT2D eigenvalue weighted by atomic mass is 9.74. The van der Waals surface area contributed by atoms with E-state index < -0.39 is 89.7 Å². The Morgan fingerprint density at radius 1 is 0.688 bits per heavy atom. The summed E-state index contributed by atoms with van der Waals surface area (Å²) < 4.78 is 0. The maximum Gasteiger partial charge on any atom is 0.309 e. The van der Waals surface area contributed by atoms with E-state index in [1.165, 1.54) is 0 Å². The highest BCUT2D eigenvalue weighted by Crippen LogP contribution is 2.57. The van der Waals surface area contributed by atoms with E-state index in [4.69, 9.17) is 0 Å². The molecule has 9 rings (SSSR count). The molecule has 0 radical (unpaired) electrons. The number of likely N-dealkylation sites (N-methyl/N-ethyl adjacent to an activating group) is 2. The quantitative estimate of drug-likeness (QED) is 0.104. The number of nitrogens with one attached hydrogen (secondary N) is 8. The van der Waals surface area contributed by atoms with Gasteiger partial charge in [0.15, 0.2) is 11.6 Å². The average Bonchev–Trinajstić information content (AvgIpc) is 4.35. The van der Waals surface area contributed by atoms with Gasteiger partial charge in [0.1, 0.15) is 18.4 Å². The molecule has 0 aromatic heterocycles. The van der Waals surface area contributed by atoms with E-state index in [-0.39, 0.29) is 71.8 Å². The van der Waals surface area contributed by atoms with Crippen LogP contribution in [0.2, 0.25) is 0 Å². The Bertz CT molecular complexity index is 2810. The topological polar surface area (TPSA) is 246 Å². The van der Waals surface area contributed by atoms with Crippen molar-refractivity contribution in [3.05, 3.63) is 102 Å². The first-order valence-corrected chi connectivity index (χ1v) is 28.5. The van der Waals surface area contributed by atoms with Crippen molar-refractivity contribution in [3.63, 3.8) is 0 Å². The Labute approximate surface area is 470 Å². The molecule has 0 spiro atoms.